The van der Waals surface area contributed by atoms with Gasteiger partial charge in [0.05, 0.1) is 25.9 Å². The Bertz CT molecular complexity index is 1380. The van der Waals surface area contributed by atoms with Crippen LogP contribution < -0.4 is 4.74 Å². The molecule has 4 aromatic carbocycles. The fourth-order valence-electron chi connectivity index (χ4n) is 5.48. The van der Waals surface area contributed by atoms with Gasteiger partial charge < -0.3 is 24.4 Å². The highest BCUT2D eigenvalue weighted by Gasteiger charge is 2.33. The van der Waals surface area contributed by atoms with Gasteiger partial charge in [0.15, 0.2) is 0 Å². The van der Waals surface area contributed by atoms with Crippen molar-refractivity contribution in [3.63, 3.8) is 0 Å². The van der Waals surface area contributed by atoms with Crippen LogP contribution in [0, 0.1) is 0 Å². The Morgan fingerprint density at radius 3 is 2.45 bits per heavy atom. The van der Waals surface area contributed by atoms with Crippen molar-refractivity contribution in [2.45, 2.75) is 38.0 Å². The minimum atomic E-state index is -0.893. The first-order valence-corrected chi connectivity index (χ1v) is 14.1. The van der Waals surface area contributed by atoms with E-state index in [2.05, 4.69) is 78.7 Å². The minimum absolute atomic E-state index is 0.122. The van der Waals surface area contributed by atoms with Crippen LogP contribution in [0.5, 0.6) is 5.75 Å². The summed E-state index contributed by atoms with van der Waals surface area (Å²) in [5.74, 6) is 0.975. The Balaban J connectivity index is 1.15. The highest BCUT2D eigenvalue weighted by molar-refractivity contribution is 5.82. The molecule has 1 N–H and O–H groups in total. The Morgan fingerprint density at radius 2 is 1.68 bits per heavy atom. The maximum atomic E-state index is 11.7. The lowest BCUT2D eigenvalue weighted by Crippen LogP contribution is -2.46. The van der Waals surface area contributed by atoms with Crippen LogP contribution in [0.1, 0.15) is 35.4 Å². The number of hydrogen-bond acceptors (Lipinski definition) is 4. The molecule has 0 saturated carbocycles. The van der Waals surface area contributed by atoms with E-state index in [0.29, 0.717) is 26.3 Å². The molecule has 0 radical (unpaired) electrons. The number of nitrogens with zero attached hydrogens (tertiary/aromatic N) is 2. The summed E-state index contributed by atoms with van der Waals surface area (Å²) in [4.78, 5) is 15.5. The van der Waals surface area contributed by atoms with Crippen LogP contribution in [0.2, 0.25) is 0 Å². The number of likely N-dealkylation sites (tertiary alicyclic amines) is 1. The quantitative estimate of drug-likeness (QED) is 0.213. The third-order valence-corrected chi connectivity index (χ3v) is 7.66. The first kappa shape index (κ1) is 27.7. The lowest BCUT2D eigenvalue weighted by atomic mass is 9.87. The average Bonchev–Trinajstić information content (AvgIpc) is 2.99. The van der Waals surface area contributed by atoms with E-state index in [-0.39, 0.29) is 12.0 Å². The monoisotopic (exact) mass is 538 g/mol. The molecule has 2 atom stereocenters. The molecule has 1 saturated heterocycles. The minimum Gasteiger partial charge on any atom is -0.494 e. The Labute approximate surface area is 236 Å². The molecule has 0 aromatic heterocycles. The van der Waals surface area contributed by atoms with Gasteiger partial charge in [0, 0.05) is 25.6 Å². The van der Waals surface area contributed by atoms with Gasteiger partial charge in [-0.15, -0.1) is 0 Å². The summed E-state index contributed by atoms with van der Waals surface area (Å²) in [6, 6.07) is 33.3. The Morgan fingerprint density at radius 1 is 0.925 bits per heavy atom. The van der Waals surface area contributed by atoms with Crippen molar-refractivity contribution in [1.29, 1.82) is 0 Å². The summed E-state index contributed by atoms with van der Waals surface area (Å²) in [6.45, 7) is 3.87. The molecule has 40 heavy (non-hydrogen) atoms. The van der Waals surface area contributed by atoms with Gasteiger partial charge in [0.25, 0.3) is 0 Å². The highest BCUT2D eigenvalue weighted by atomic mass is 16.5. The van der Waals surface area contributed by atoms with Crippen LogP contribution in [0.15, 0.2) is 97.1 Å². The molecule has 0 spiro atoms. The number of carbonyl (C=O) groups is 1. The Hall–Kier alpha value is -3.87. The zero-order valence-electron chi connectivity index (χ0n) is 23.1. The molecule has 1 fully saturated rings. The molecule has 1 aliphatic rings. The van der Waals surface area contributed by atoms with Gasteiger partial charge in [-0.25, -0.2) is 4.79 Å². The first-order valence-electron chi connectivity index (χ1n) is 14.1. The second-order valence-corrected chi connectivity index (χ2v) is 10.6. The van der Waals surface area contributed by atoms with E-state index in [0.717, 1.165) is 42.8 Å². The van der Waals surface area contributed by atoms with Crippen LogP contribution in [0.4, 0.5) is 4.79 Å². The molecule has 2 unspecified atom stereocenters. The van der Waals surface area contributed by atoms with E-state index < -0.39 is 6.09 Å². The summed E-state index contributed by atoms with van der Waals surface area (Å²) in [5.41, 5.74) is 3.56. The van der Waals surface area contributed by atoms with Gasteiger partial charge in [-0.3, -0.25) is 0 Å². The summed E-state index contributed by atoms with van der Waals surface area (Å²) in [6.07, 6.45) is 0.561. The summed E-state index contributed by atoms with van der Waals surface area (Å²) in [5, 5.41) is 12.0. The predicted molar refractivity (Wildman–Crippen MR) is 159 cm³/mol. The molecule has 6 nitrogen and oxygen atoms in total. The van der Waals surface area contributed by atoms with E-state index in [1.807, 2.05) is 30.3 Å². The highest BCUT2D eigenvalue weighted by Crippen LogP contribution is 2.32. The van der Waals surface area contributed by atoms with E-state index in [1.54, 1.807) is 0 Å². The maximum absolute atomic E-state index is 11.7. The number of fused-ring (bicyclic) bond motifs is 1. The van der Waals surface area contributed by atoms with Crippen LogP contribution >= 0.6 is 0 Å². The first-order chi connectivity index (χ1) is 19.5. The van der Waals surface area contributed by atoms with Gasteiger partial charge >= 0.3 is 6.09 Å². The molecule has 5 rings (SSSR count). The topological polar surface area (TPSA) is 62.2 Å². The van der Waals surface area contributed by atoms with E-state index in [1.165, 1.54) is 21.2 Å². The van der Waals surface area contributed by atoms with E-state index >= 15 is 0 Å². The van der Waals surface area contributed by atoms with Gasteiger partial charge in [-0.05, 0) is 65.6 Å². The van der Waals surface area contributed by atoms with E-state index in [4.69, 9.17) is 9.47 Å². The van der Waals surface area contributed by atoms with Crippen molar-refractivity contribution < 1.29 is 19.4 Å². The van der Waals surface area contributed by atoms with Gasteiger partial charge in [-0.2, -0.15) is 0 Å². The second kappa shape index (κ2) is 13.5. The average molecular weight is 539 g/mol. The van der Waals surface area contributed by atoms with Gasteiger partial charge in [-0.1, -0.05) is 78.9 Å². The normalized spacial score (nSPS) is 17.3. The molecular weight excluding hydrogens is 500 g/mol. The van der Waals surface area contributed by atoms with Gasteiger partial charge in [0.2, 0.25) is 0 Å². The van der Waals surface area contributed by atoms with Crippen LogP contribution in [0.25, 0.3) is 10.8 Å². The van der Waals surface area contributed by atoms with Crippen molar-refractivity contribution in [2.75, 3.05) is 33.3 Å². The summed E-state index contributed by atoms with van der Waals surface area (Å²) >= 11 is 0. The third kappa shape index (κ3) is 7.40. The standard InChI is InChI=1S/C34H38N2O4/c1-35(23-26-8-3-2-4-9-26)19-7-21-39-31-16-14-29(15-17-31)32-18-20-36(34(37)38)24-33(32)40-25-27-12-13-28-10-5-6-11-30(28)22-27/h2-6,8-17,22,32-33H,7,18-21,23-25H2,1H3,(H,37,38). The smallest absolute Gasteiger partial charge is 0.407 e. The van der Waals surface area contributed by atoms with Crippen molar-refractivity contribution in [3.05, 3.63) is 114 Å². The fourth-order valence-corrected chi connectivity index (χ4v) is 5.48. The van der Waals surface area contributed by atoms with Gasteiger partial charge in [0.1, 0.15) is 5.75 Å². The number of carboxylic acid groups (broad SMARTS) is 1. The zero-order valence-corrected chi connectivity index (χ0v) is 23.1. The van der Waals surface area contributed by atoms with Crippen LogP contribution in [0.3, 0.4) is 0 Å². The number of amides is 1. The molecule has 1 amide bonds. The lowest BCUT2D eigenvalue weighted by Gasteiger charge is -2.37. The predicted octanol–water partition coefficient (Wildman–Crippen LogP) is 6.79. The molecule has 1 aliphatic heterocycles. The lowest BCUT2D eigenvalue weighted by molar-refractivity contribution is -0.0199. The largest absolute Gasteiger partial charge is 0.494 e. The summed E-state index contributed by atoms with van der Waals surface area (Å²) in [7, 11) is 2.13. The van der Waals surface area contributed by atoms with Crippen molar-refractivity contribution >= 4 is 16.9 Å². The number of benzene rings is 4. The molecule has 6 heteroatoms. The van der Waals surface area contributed by atoms with Crippen molar-refractivity contribution in [2.24, 2.45) is 0 Å². The maximum Gasteiger partial charge on any atom is 0.407 e. The summed E-state index contributed by atoms with van der Waals surface area (Å²) < 4.78 is 12.4. The molecule has 1 heterocycles. The number of hydrogen-bond donors (Lipinski definition) is 1. The fraction of sp³-hybridized carbons (Fsp3) is 0.324. The zero-order chi connectivity index (χ0) is 27.7. The van der Waals surface area contributed by atoms with Crippen molar-refractivity contribution in [3.8, 4) is 5.75 Å². The third-order valence-electron chi connectivity index (χ3n) is 7.66. The van der Waals surface area contributed by atoms with E-state index in [9.17, 15) is 9.90 Å². The molecule has 0 bridgehead atoms. The molecule has 0 aliphatic carbocycles. The second-order valence-electron chi connectivity index (χ2n) is 10.6. The van der Waals surface area contributed by atoms with Crippen LogP contribution in [-0.4, -0.2) is 60.4 Å². The van der Waals surface area contributed by atoms with Crippen molar-refractivity contribution in [1.82, 2.24) is 9.80 Å². The molecular formula is C34H38N2O4. The van der Waals surface area contributed by atoms with Crippen LogP contribution in [-0.2, 0) is 17.9 Å². The number of piperidine rings is 1. The number of rotatable bonds is 11. The molecule has 208 valence electrons. The molecule has 4 aromatic rings. The SMILES string of the molecule is CN(CCCOc1ccc(C2CCN(C(=O)O)CC2OCc2ccc3ccccc3c2)cc1)Cc1ccccc1. The number of ether oxygens (including phenoxy) is 2. The Kier molecular flexibility index (Phi) is 9.32.